The van der Waals surface area contributed by atoms with E-state index in [0.717, 1.165) is 37.1 Å². The average Bonchev–Trinajstić information content (AvgIpc) is 3.25. The smallest absolute Gasteiger partial charge is 0.347 e. The van der Waals surface area contributed by atoms with Crippen molar-refractivity contribution in [1.29, 1.82) is 0 Å². The predicted molar refractivity (Wildman–Crippen MR) is 111 cm³/mol. The number of esters is 1. The predicted octanol–water partition coefficient (Wildman–Crippen LogP) is 3.32. The van der Waals surface area contributed by atoms with Gasteiger partial charge < -0.3 is 24.5 Å². The van der Waals surface area contributed by atoms with Gasteiger partial charge in [-0.3, -0.25) is 0 Å². The number of ether oxygens (including phenoxy) is 1. The number of carbonyl (C=O) groups excluding carboxylic acids is 1. The number of aliphatic imine (C=N–C) groups is 1. The molecule has 2 aliphatic heterocycles. The fourth-order valence-corrected chi connectivity index (χ4v) is 3.55. The van der Waals surface area contributed by atoms with Gasteiger partial charge in [-0.05, 0) is 58.1 Å². The number of fused-ring (bicyclic) bond motifs is 1. The van der Waals surface area contributed by atoms with Crippen molar-refractivity contribution in [1.82, 2.24) is 9.88 Å². The maximum absolute atomic E-state index is 12.5. The van der Waals surface area contributed by atoms with E-state index in [-0.39, 0.29) is 35.6 Å². The molecule has 2 aromatic rings. The minimum absolute atomic E-state index is 0.0268. The minimum atomic E-state index is -0.615. The number of hydrogen-bond donors (Lipinski definition) is 2. The van der Waals surface area contributed by atoms with Gasteiger partial charge in [0.25, 0.3) is 0 Å². The third-order valence-electron chi connectivity index (χ3n) is 5.15. The second-order valence-electron chi connectivity index (χ2n) is 7.19. The molecule has 2 N–H and O–H groups in total. The molecule has 0 aromatic carbocycles. The maximum atomic E-state index is 12.5. The number of hydrogen-bond acceptors (Lipinski definition) is 8. The summed E-state index contributed by atoms with van der Waals surface area (Å²) in [4.78, 5) is 23.2. The molecule has 1 saturated heterocycles. The first-order valence-electron chi connectivity index (χ1n) is 9.76. The zero-order valence-corrected chi connectivity index (χ0v) is 16.5. The molecule has 0 amide bonds. The second-order valence-corrected chi connectivity index (χ2v) is 7.19. The van der Waals surface area contributed by atoms with Gasteiger partial charge in [-0.1, -0.05) is 0 Å². The topological polar surface area (TPSA) is 100 Å². The van der Waals surface area contributed by atoms with Crippen LogP contribution < -0.4 is 5.32 Å². The van der Waals surface area contributed by atoms with Crippen LogP contribution in [-0.2, 0) is 4.74 Å². The fourth-order valence-electron chi connectivity index (χ4n) is 3.55. The molecule has 0 spiro atoms. The highest BCUT2D eigenvalue weighted by Crippen LogP contribution is 2.39. The Hall–Kier alpha value is -3.13. The number of anilines is 1. The number of allylic oxidation sites excluding steroid dienone is 1. The van der Waals surface area contributed by atoms with Gasteiger partial charge in [0.05, 0.1) is 6.61 Å². The molecule has 2 aromatic heterocycles. The molecule has 0 radical (unpaired) electrons. The summed E-state index contributed by atoms with van der Waals surface area (Å²) in [7, 11) is 2.08. The van der Waals surface area contributed by atoms with Crippen LogP contribution in [0.15, 0.2) is 27.7 Å². The van der Waals surface area contributed by atoms with E-state index in [9.17, 15) is 9.90 Å². The van der Waals surface area contributed by atoms with Crippen molar-refractivity contribution in [3.63, 3.8) is 0 Å². The van der Waals surface area contributed by atoms with Gasteiger partial charge in [-0.2, -0.15) is 0 Å². The van der Waals surface area contributed by atoms with E-state index in [2.05, 4.69) is 27.2 Å². The molecule has 8 nitrogen and oxygen atoms in total. The van der Waals surface area contributed by atoms with Gasteiger partial charge in [0, 0.05) is 29.6 Å². The van der Waals surface area contributed by atoms with E-state index in [4.69, 9.17) is 9.15 Å². The van der Waals surface area contributed by atoms with Crippen LogP contribution in [-0.4, -0.2) is 60.0 Å². The zero-order chi connectivity index (χ0) is 20.4. The summed E-state index contributed by atoms with van der Waals surface area (Å²) in [6.45, 7) is 3.84. The minimum Gasteiger partial charge on any atom is -0.504 e. The van der Waals surface area contributed by atoms with Gasteiger partial charge in [0.2, 0.25) is 5.88 Å². The summed E-state index contributed by atoms with van der Waals surface area (Å²) < 4.78 is 11.0. The lowest BCUT2D eigenvalue weighted by atomic mass is 10.1. The Balaban J connectivity index is 1.67. The van der Waals surface area contributed by atoms with Crippen molar-refractivity contribution in [3.8, 4) is 5.75 Å². The van der Waals surface area contributed by atoms with E-state index < -0.39 is 5.97 Å². The number of pyridine rings is 1. The molecule has 29 heavy (non-hydrogen) atoms. The molecule has 0 aliphatic carbocycles. The molecule has 0 saturated carbocycles. The molecule has 8 heteroatoms. The van der Waals surface area contributed by atoms with E-state index in [1.807, 2.05) is 12.1 Å². The average molecular weight is 396 g/mol. The van der Waals surface area contributed by atoms with Crippen molar-refractivity contribution < 1.29 is 19.1 Å². The normalized spacial score (nSPS) is 18.2. The summed E-state index contributed by atoms with van der Waals surface area (Å²) in [6.07, 6.45) is 6.83. The number of nitrogens with zero attached hydrogens (tertiary/aromatic N) is 3. The van der Waals surface area contributed by atoms with Crippen molar-refractivity contribution in [2.24, 2.45) is 4.99 Å². The first kappa shape index (κ1) is 19.2. The van der Waals surface area contributed by atoms with E-state index in [0.29, 0.717) is 5.82 Å². The Morgan fingerprint density at radius 2 is 2.24 bits per heavy atom. The summed E-state index contributed by atoms with van der Waals surface area (Å²) in [5, 5.41) is 14.0. The van der Waals surface area contributed by atoms with Gasteiger partial charge >= 0.3 is 5.97 Å². The quantitative estimate of drug-likeness (QED) is 0.748. The highest BCUT2D eigenvalue weighted by molar-refractivity contribution is 6.21. The molecule has 0 atom stereocenters. The van der Waals surface area contributed by atoms with Crippen LogP contribution in [0, 0.1) is 0 Å². The highest BCUT2D eigenvalue weighted by Gasteiger charge is 2.29. The fraction of sp³-hybridized carbons (Fsp3) is 0.381. The molecule has 0 unspecified atom stereocenters. The Morgan fingerprint density at radius 3 is 3.00 bits per heavy atom. The second kappa shape index (κ2) is 8.08. The zero-order valence-electron chi connectivity index (χ0n) is 16.5. The van der Waals surface area contributed by atoms with Crippen molar-refractivity contribution in [2.75, 3.05) is 32.1 Å². The van der Waals surface area contributed by atoms with Gasteiger partial charge in [-0.15, -0.1) is 0 Å². The largest absolute Gasteiger partial charge is 0.504 e. The SMILES string of the molecule is CCOC(=O)c1c(NC2CCN(C)CC2)oc(/C=C2\C=Nc3ncccc32)c1O. The Kier molecular flexibility index (Phi) is 5.35. The van der Waals surface area contributed by atoms with Crippen LogP contribution >= 0.6 is 0 Å². The van der Waals surface area contributed by atoms with E-state index >= 15 is 0 Å². The van der Waals surface area contributed by atoms with Gasteiger partial charge in [-0.25, -0.2) is 14.8 Å². The van der Waals surface area contributed by atoms with Gasteiger partial charge in [0.1, 0.15) is 0 Å². The first-order chi connectivity index (χ1) is 14.1. The number of aromatic nitrogens is 1. The van der Waals surface area contributed by atoms with E-state index in [1.54, 1.807) is 25.4 Å². The Morgan fingerprint density at radius 1 is 1.45 bits per heavy atom. The lowest BCUT2D eigenvalue weighted by Gasteiger charge is -2.29. The van der Waals surface area contributed by atoms with Crippen LogP contribution in [0.2, 0.25) is 0 Å². The molecular formula is C21H24N4O4. The molecule has 2 aliphatic rings. The van der Waals surface area contributed by atoms with Crippen LogP contribution in [0.5, 0.6) is 5.75 Å². The van der Waals surface area contributed by atoms with E-state index in [1.165, 1.54) is 0 Å². The number of furan rings is 1. The number of carbonyl (C=O) groups is 1. The Labute approximate surface area is 168 Å². The van der Waals surface area contributed by atoms with Crippen LogP contribution in [0.3, 0.4) is 0 Å². The molecule has 1 fully saturated rings. The summed E-state index contributed by atoms with van der Waals surface area (Å²) in [6, 6.07) is 3.87. The van der Waals surface area contributed by atoms with Crippen LogP contribution in [0.4, 0.5) is 11.7 Å². The summed E-state index contributed by atoms with van der Waals surface area (Å²) >= 11 is 0. The number of nitrogens with one attached hydrogen (secondary N) is 1. The first-order valence-corrected chi connectivity index (χ1v) is 9.76. The molecule has 0 bridgehead atoms. The van der Waals surface area contributed by atoms with Crippen molar-refractivity contribution in [3.05, 3.63) is 35.2 Å². The van der Waals surface area contributed by atoms with Crippen LogP contribution in [0.1, 0.15) is 41.4 Å². The van der Waals surface area contributed by atoms with Crippen molar-refractivity contribution >= 4 is 35.5 Å². The third-order valence-corrected chi connectivity index (χ3v) is 5.15. The monoisotopic (exact) mass is 396 g/mol. The number of aromatic hydroxyl groups is 1. The number of piperidine rings is 1. The summed E-state index contributed by atoms with van der Waals surface area (Å²) in [5.41, 5.74) is 1.61. The molecular weight excluding hydrogens is 372 g/mol. The van der Waals surface area contributed by atoms with Crippen molar-refractivity contribution in [2.45, 2.75) is 25.8 Å². The molecule has 152 valence electrons. The van der Waals surface area contributed by atoms with Gasteiger partial charge in [0.15, 0.2) is 22.9 Å². The molecule has 4 heterocycles. The lowest BCUT2D eigenvalue weighted by Crippen LogP contribution is -2.36. The lowest BCUT2D eigenvalue weighted by molar-refractivity contribution is 0.0524. The third kappa shape index (κ3) is 3.88. The number of likely N-dealkylation sites (tertiary alicyclic amines) is 1. The number of rotatable bonds is 5. The standard InChI is InChI=1S/C21H24N4O4/c1-3-28-21(27)17-18(26)16(11-13-12-23-19-15(13)5-4-8-22-19)29-20(17)24-14-6-9-25(2)10-7-14/h4-5,8,11-12,14,24,26H,3,6-7,9-10H2,1-2H3/b13-11+. The van der Waals surface area contributed by atoms with Crippen LogP contribution in [0.25, 0.3) is 11.6 Å². The maximum Gasteiger partial charge on any atom is 0.347 e. The summed E-state index contributed by atoms with van der Waals surface area (Å²) in [5.74, 6) is 0.179. The Bertz CT molecular complexity index is 971. The molecule has 4 rings (SSSR count). The highest BCUT2D eigenvalue weighted by atomic mass is 16.5.